The monoisotopic (exact) mass is 440 g/mol. The molecule has 0 unspecified atom stereocenters. The van der Waals surface area contributed by atoms with Crippen LogP contribution in [0.15, 0.2) is 52.4 Å². The van der Waals surface area contributed by atoms with Gasteiger partial charge in [0, 0.05) is 0 Å². The van der Waals surface area contributed by atoms with Crippen LogP contribution in [0.2, 0.25) is 0 Å². The topological polar surface area (TPSA) is 86.2 Å². The molecular formula is C23H24N2O5S. The number of esters is 1. The number of carbonyl (C=O) groups excluding carboxylic acids is 2. The Bertz CT molecular complexity index is 1020. The van der Waals surface area contributed by atoms with Gasteiger partial charge in [0.15, 0.2) is 23.3 Å². The Hall–Kier alpha value is -3.26. The van der Waals surface area contributed by atoms with Crippen LogP contribution in [0.3, 0.4) is 0 Å². The van der Waals surface area contributed by atoms with Crippen LogP contribution in [-0.2, 0) is 14.3 Å². The first-order valence-corrected chi connectivity index (χ1v) is 10.7. The van der Waals surface area contributed by atoms with E-state index < -0.39 is 5.97 Å². The zero-order valence-corrected chi connectivity index (χ0v) is 18.5. The minimum absolute atomic E-state index is 0.203. The first-order chi connectivity index (χ1) is 15.0. The summed E-state index contributed by atoms with van der Waals surface area (Å²) in [7, 11) is 0. The Balaban J connectivity index is 1.75. The fourth-order valence-corrected chi connectivity index (χ4v) is 3.55. The molecule has 2 aromatic rings. The highest BCUT2D eigenvalue weighted by Gasteiger charge is 2.24. The molecule has 8 heteroatoms. The van der Waals surface area contributed by atoms with Crippen molar-refractivity contribution in [1.29, 1.82) is 0 Å². The van der Waals surface area contributed by atoms with Crippen LogP contribution in [0, 0.1) is 6.92 Å². The molecule has 0 aliphatic carbocycles. The second-order valence-corrected chi connectivity index (χ2v) is 7.58. The summed E-state index contributed by atoms with van der Waals surface area (Å²) in [5.74, 6) is 0.257. The molecule has 1 fully saturated rings. The summed E-state index contributed by atoms with van der Waals surface area (Å²) in [6.07, 6.45) is 1.76. The van der Waals surface area contributed by atoms with Gasteiger partial charge in [0.25, 0.3) is 5.91 Å². The minimum Gasteiger partial charge on any atom is -0.490 e. The molecule has 0 saturated carbocycles. The molecule has 1 saturated heterocycles. The Morgan fingerprint density at radius 2 is 1.84 bits per heavy atom. The van der Waals surface area contributed by atoms with Crippen LogP contribution in [0.25, 0.3) is 6.08 Å². The van der Waals surface area contributed by atoms with E-state index in [1.807, 2.05) is 38.1 Å². The molecule has 2 aromatic carbocycles. The number of amides is 1. The van der Waals surface area contributed by atoms with E-state index in [1.54, 1.807) is 31.2 Å². The van der Waals surface area contributed by atoms with E-state index in [1.165, 1.54) is 11.8 Å². The van der Waals surface area contributed by atoms with E-state index in [0.717, 1.165) is 16.8 Å². The lowest BCUT2D eigenvalue weighted by atomic mass is 10.2. The van der Waals surface area contributed by atoms with Crippen LogP contribution < -0.4 is 14.8 Å². The maximum atomic E-state index is 12.4. The third kappa shape index (κ3) is 6.36. The van der Waals surface area contributed by atoms with Crippen molar-refractivity contribution in [3.8, 4) is 11.5 Å². The molecule has 0 aromatic heterocycles. The van der Waals surface area contributed by atoms with Crippen molar-refractivity contribution in [2.24, 2.45) is 4.99 Å². The van der Waals surface area contributed by atoms with Gasteiger partial charge in [-0.05, 0) is 68.4 Å². The van der Waals surface area contributed by atoms with E-state index >= 15 is 0 Å². The summed E-state index contributed by atoms with van der Waals surface area (Å²) in [5.41, 5.74) is 2.69. The van der Waals surface area contributed by atoms with Gasteiger partial charge in [-0.3, -0.25) is 4.79 Å². The maximum Gasteiger partial charge on any atom is 0.344 e. The Morgan fingerprint density at radius 3 is 2.55 bits per heavy atom. The number of amidine groups is 1. The SMILES string of the molecule is CCOC(=O)COc1ccc(/C=C2\SC(=Nc3ccc(C)cc3)NC2=O)cc1OCC. The lowest BCUT2D eigenvalue weighted by Crippen LogP contribution is -2.19. The highest BCUT2D eigenvalue weighted by atomic mass is 32.2. The van der Waals surface area contributed by atoms with Gasteiger partial charge in [0.2, 0.25) is 0 Å². The average Bonchev–Trinajstić information content (AvgIpc) is 3.08. The number of benzene rings is 2. The van der Waals surface area contributed by atoms with Crippen LogP contribution in [-0.4, -0.2) is 36.9 Å². The minimum atomic E-state index is -0.449. The number of rotatable bonds is 8. The predicted molar refractivity (Wildman–Crippen MR) is 122 cm³/mol. The second kappa shape index (κ2) is 10.7. The number of nitrogens with zero attached hydrogens (tertiary/aromatic N) is 1. The average molecular weight is 441 g/mol. The lowest BCUT2D eigenvalue weighted by Gasteiger charge is -2.12. The third-order valence-corrected chi connectivity index (χ3v) is 5.04. The normalized spacial score (nSPS) is 15.8. The second-order valence-electron chi connectivity index (χ2n) is 6.55. The molecule has 1 amide bonds. The van der Waals surface area contributed by atoms with E-state index in [-0.39, 0.29) is 12.5 Å². The molecule has 1 N–H and O–H groups in total. The largest absolute Gasteiger partial charge is 0.490 e. The maximum absolute atomic E-state index is 12.4. The van der Waals surface area contributed by atoms with Crippen LogP contribution in [0.5, 0.6) is 11.5 Å². The Morgan fingerprint density at radius 1 is 1.06 bits per heavy atom. The summed E-state index contributed by atoms with van der Waals surface area (Å²) >= 11 is 1.27. The summed E-state index contributed by atoms with van der Waals surface area (Å²) in [6.45, 7) is 6.12. The van der Waals surface area contributed by atoms with Crippen molar-refractivity contribution in [1.82, 2.24) is 5.32 Å². The highest BCUT2D eigenvalue weighted by molar-refractivity contribution is 8.18. The van der Waals surface area contributed by atoms with E-state index in [2.05, 4.69) is 10.3 Å². The summed E-state index contributed by atoms with van der Waals surface area (Å²) in [4.78, 5) is 28.9. The number of thioether (sulfide) groups is 1. The molecule has 0 atom stereocenters. The molecular weight excluding hydrogens is 416 g/mol. The molecule has 0 bridgehead atoms. The zero-order valence-electron chi connectivity index (χ0n) is 17.6. The van der Waals surface area contributed by atoms with Crippen LogP contribution >= 0.6 is 11.8 Å². The number of hydrogen-bond donors (Lipinski definition) is 1. The predicted octanol–water partition coefficient (Wildman–Crippen LogP) is 4.23. The van der Waals surface area contributed by atoms with Gasteiger partial charge in [0.1, 0.15) is 0 Å². The molecule has 3 rings (SSSR count). The Labute approximate surface area is 185 Å². The van der Waals surface area contributed by atoms with Gasteiger partial charge in [-0.2, -0.15) is 0 Å². The zero-order chi connectivity index (χ0) is 22.2. The quantitative estimate of drug-likeness (QED) is 0.488. The van der Waals surface area contributed by atoms with Crippen molar-refractivity contribution < 1.29 is 23.8 Å². The Kier molecular flexibility index (Phi) is 7.72. The smallest absolute Gasteiger partial charge is 0.344 e. The number of nitrogens with one attached hydrogen (secondary N) is 1. The molecule has 0 radical (unpaired) electrons. The van der Waals surface area contributed by atoms with Crippen molar-refractivity contribution in [3.05, 3.63) is 58.5 Å². The highest BCUT2D eigenvalue weighted by Crippen LogP contribution is 2.32. The molecule has 7 nitrogen and oxygen atoms in total. The first-order valence-electron chi connectivity index (χ1n) is 9.90. The van der Waals surface area contributed by atoms with Gasteiger partial charge < -0.3 is 19.5 Å². The fourth-order valence-electron chi connectivity index (χ4n) is 2.71. The number of aliphatic imine (C=N–C) groups is 1. The van der Waals surface area contributed by atoms with Gasteiger partial charge >= 0.3 is 5.97 Å². The first kappa shape index (κ1) is 22.4. The van der Waals surface area contributed by atoms with Crippen molar-refractivity contribution in [2.45, 2.75) is 20.8 Å². The molecule has 1 aliphatic rings. The van der Waals surface area contributed by atoms with Gasteiger partial charge in [-0.15, -0.1) is 0 Å². The van der Waals surface area contributed by atoms with Crippen molar-refractivity contribution in [2.75, 3.05) is 19.8 Å². The third-order valence-electron chi connectivity index (χ3n) is 4.13. The number of ether oxygens (including phenoxy) is 3. The molecule has 31 heavy (non-hydrogen) atoms. The summed E-state index contributed by atoms with van der Waals surface area (Å²) in [5, 5.41) is 3.31. The van der Waals surface area contributed by atoms with Gasteiger partial charge in [0.05, 0.1) is 23.8 Å². The number of aryl methyl sites for hydroxylation is 1. The summed E-state index contributed by atoms with van der Waals surface area (Å²) < 4.78 is 16.0. The van der Waals surface area contributed by atoms with Crippen molar-refractivity contribution >= 4 is 40.6 Å². The molecule has 0 spiro atoms. The van der Waals surface area contributed by atoms with Gasteiger partial charge in [-0.1, -0.05) is 23.8 Å². The molecule has 1 aliphatic heterocycles. The number of hydrogen-bond acceptors (Lipinski definition) is 7. The standard InChI is InChI=1S/C23H24N2O5S/c1-4-28-19-12-16(8-11-18(19)30-14-21(26)29-5-2)13-20-22(27)25-23(31-20)24-17-9-6-15(3)7-10-17/h6-13H,4-5,14H2,1-3H3,(H,24,25,27)/b20-13-. The molecule has 1 heterocycles. The van der Waals surface area contributed by atoms with Crippen molar-refractivity contribution in [3.63, 3.8) is 0 Å². The van der Waals surface area contributed by atoms with E-state index in [4.69, 9.17) is 14.2 Å². The van der Waals surface area contributed by atoms with Crippen LogP contribution in [0.4, 0.5) is 5.69 Å². The van der Waals surface area contributed by atoms with Crippen LogP contribution in [0.1, 0.15) is 25.0 Å². The lowest BCUT2D eigenvalue weighted by molar-refractivity contribution is -0.145. The fraction of sp³-hybridized carbons (Fsp3) is 0.261. The van der Waals surface area contributed by atoms with Gasteiger partial charge in [-0.25, -0.2) is 9.79 Å². The van der Waals surface area contributed by atoms with E-state index in [9.17, 15) is 9.59 Å². The molecule has 162 valence electrons. The summed E-state index contributed by atoms with van der Waals surface area (Å²) in [6, 6.07) is 13.0. The van der Waals surface area contributed by atoms with E-state index in [0.29, 0.717) is 34.8 Å². The number of carbonyl (C=O) groups is 2.